The Bertz CT molecular complexity index is 617. The molecule has 0 saturated carbocycles. The van der Waals surface area contributed by atoms with Crippen molar-refractivity contribution in [3.05, 3.63) is 41.2 Å². The summed E-state index contributed by atoms with van der Waals surface area (Å²) in [5, 5.41) is 15.9. The maximum Gasteiger partial charge on any atom is 0.246 e. The number of nitrogens with zero attached hydrogens (tertiary/aromatic N) is 2. The van der Waals surface area contributed by atoms with Crippen LogP contribution in [0.1, 0.15) is 17.0 Å². The number of hydrogen-bond acceptors (Lipinski definition) is 4. The molecule has 0 aliphatic rings. The molecule has 1 aromatic heterocycles. The molecule has 0 spiro atoms. The summed E-state index contributed by atoms with van der Waals surface area (Å²) in [6.45, 7) is 3.74. The van der Waals surface area contributed by atoms with Crippen molar-refractivity contribution in [3.63, 3.8) is 0 Å². The molecule has 0 saturated heterocycles. The van der Waals surface area contributed by atoms with E-state index < -0.39 is 0 Å². The number of rotatable bonds is 4. The zero-order valence-electron chi connectivity index (χ0n) is 11.6. The zero-order valence-corrected chi connectivity index (χ0v) is 11.6. The maximum absolute atomic E-state index is 11.9. The summed E-state index contributed by atoms with van der Waals surface area (Å²) in [6, 6.07) is 7.02. The van der Waals surface area contributed by atoms with E-state index in [1.807, 2.05) is 13.8 Å². The van der Waals surface area contributed by atoms with Gasteiger partial charge in [-0.2, -0.15) is 5.10 Å². The Balaban J connectivity index is 2.03. The lowest BCUT2D eigenvalue weighted by Crippen LogP contribution is -2.20. The minimum Gasteiger partial charge on any atom is -0.396 e. The van der Waals surface area contributed by atoms with Crippen LogP contribution in [0.2, 0.25) is 0 Å². The number of aryl methyl sites for hydroxylation is 1. The first kappa shape index (κ1) is 14.1. The van der Waals surface area contributed by atoms with Crippen molar-refractivity contribution in [1.82, 2.24) is 9.78 Å². The van der Waals surface area contributed by atoms with Gasteiger partial charge in [-0.05, 0) is 31.5 Å². The van der Waals surface area contributed by atoms with Crippen LogP contribution in [0.4, 0.5) is 11.4 Å². The third-order valence-electron chi connectivity index (χ3n) is 3.15. The third kappa shape index (κ3) is 2.97. The highest BCUT2D eigenvalue weighted by molar-refractivity contribution is 5.90. The van der Waals surface area contributed by atoms with E-state index in [4.69, 9.17) is 10.8 Å². The minimum atomic E-state index is -0.174. The highest BCUT2D eigenvalue weighted by Gasteiger charge is 2.11. The number of anilines is 2. The second kappa shape index (κ2) is 5.75. The fourth-order valence-electron chi connectivity index (χ4n) is 1.89. The number of benzene rings is 1. The number of carbonyl (C=O) groups excluding carboxylic acids is 1. The summed E-state index contributed by atoms with van der Waals surface area (Å²) in [7, 11) is 0. The van der Waals surface area contributed by atoms with Gasteiger partial charge >= 0.3 is 0 Å². The normalized spacial score (nSPS) is 10.6. The zero-order chi connectivity index (χ0) is 14.7. The minimum absolute atomic E-state index is 0.0146. The van der Waals surface area contributed by atoms with E-state index in [1.54, 1.807) is 28.9 Å². The van der Waals surface area contributed by atoms with Crippen molar-refractivity contribution >= 4 is 17.3 Å². The van der Waals surface area contributed by atoms with Gasteiger partial charge in [0.25, 0.3) is 0 Å². The fourth-order valence-corrected chi connectivity index (χ4v) is 1.89. The second-order valence-corrected chi connectivity index (χ2v) is 4.65. The molecular formula is C14H18N4O2. The molecule has 2 aromatic rings. The first-order chi connectivity index (χ1) is 9.51. The van der Waals surface area contributed by atoms with Crippen LogP contribution in [0, 0.1) is 13.8 Å². The van der Waals surface area contributed by atoms with E-state index in [-0.39, 0.29) is 19.1 Å². The molecule has 20 heavy (non-hydrogen) atoms. The molecule has 0 aliphatic carbocycles. The molecule has 6 nitrogen and oxygen atoms in total. The first-order valence-corrected chi connectivity index (χ1v) is 6.30. The van der Waals surface area contributed by atoms with E-state index in [1.165, 1.54) is 0 Å². The second-order valence-electron chi connectivity index (χ2n) is 4.65. The summed E-state index contributed by atoms with van der Waals surface area (Å²) in [5.41, 5.74) is 9.43. The Morgan fingerprint density at radius 1 is 1.35 bits per heavy atom. The van der Waals surface area contributed by atoms with Crippen LogP contribution < -0.4 is 11.1 Å². The molecule has 1 amide bonds. The van der Waals surface area contributed by atoms with Crippen molar-refractivity contribution in [2.75, 3.05) is 11.1 Å². The number of aliphatic hydroxyl groups is 1. The quantitative estimate of drug-likeness (QED) is 0.781. The van der Waals surface area contributed by atoms with Gasteiger partial charge in [-0.3, -0.25) is 9.48 Å². The Labute approximate surface area is 117 Å². The van der Waals surface area contributed by atoms with Crippen LogP contribution in [0.15, 0.2) is 24.3 Å². The van der Waals surface area contributed by atoms with Crippen molar-refractivity contribution < 1.29 is 9.90 Å². The smallest absolute Gasteiger partial charge is 0.246 e. The van der Waals surface area contributed by atoms with Crippen molar-refractivity contribution in [2.45, 2.75) is 27.0 Å². The molecule has 0 radical (unpaired) electrons. The molecule has 0 bridgehead atoms. The number of aliphatic hydroxyl groups excluding tert-OH is 1. The maximum atomic E-state index is 11.9. The van der Waals surface area contributed by atoms with Crippen molar-refractivity contribution in [1.29, 1.82) is 0 Å². The highest BCUT2D eigenvalue weighted by atomic mass is 16.3. The Morgan fingerprint density at radius 3 is 2.50 bits per heavy atom. The summed E-state index contributed by atoms with van der Waals surface area (Å²) < 4.78 is 1.59. The van der Waals surface area contributed by atoms with Crippen LogP contribution in [-0.2, 0) is 17.9 Å². The molecule has 0 aliphatic heterocycles. The number of amides is 1. The average molecular weight is 274 g/mol. The van der Waals surface area contributed by atoms with Crippen molar-refractivity contribution in [2.24, 2.45) is 0 Å². The molecule has 1 heterocycles. The standard InChI is InChI=1S/C14H18N4O2/c1-9-14(15)10(2)18(17-9)7-13(20)16-12-5-3-11(8-19)4-6-12/h3-6,19H,7-8,15H2,1-2H3,(H,16,20). The average Bonchev–Trinajstić information content (AvgIpc) is 2.67. The van der Waals surface area contributed by atoms with Crippen LogP contribution in [0.25, 0.3) is 0 Å². The van der Waals surface area contributed by atoms with Gasteiger partial charge < -0.3 is 16.2 Å². The lowest BCUT2D eigenvalue weighted by Gasteiger charge is -2.07. The van der Waals surface area contributed by atoms with Gasteiger partial charge in [0.1, 0.15) is 6.54 Å². The molecule has 106 valence electrons. The van der Waals surface area contributed by atoms with Crippen LogP contribution in [-0.4, -0.2) is 20.8 Å². The number of nitrogen functional groups attached to an aromatic ring is 1. The van der Waals surface area contributed by atoms with E-state index in [0.29, 0.717) is 11.4 Å². The molecule has 6 heteroatoms. The Kier molecular flexibility index (Phi) is 4.05. The van der Waals surface area contributed by atoms with Crippen LogP contribution in [0.5, 0.6) is 0 Å². The molecular weight excluding hydrogens is 256 g/mol. The highest BCUT2D eigenvalue weighted by Crippen LogP contribution is 2.15. The lowest BCUT2D eigenvalue weighted by atomic mass is 10.2. The van der Waals surface area contributed by atoms with Crippen LogP contribution >= 0.6 is 0 Å². The predicted molar refractivity (Wildman–Crippen MR) is 77.1 cm³/mol. The van der Waals surface area contributed by atoms with Gasteiger partial charge in [-0.15, -0.1) is 0 Å². The fraction of sp³-hybridized carbons (Fsp3) is 0.286. The van der Waals surface area contributed by atoms with Gasteiger partial charge in [0, 0.05) is 5.69 Å². The number of nitrogens with two attached hydrogens (primary N) is 1. The molecule has 0 atom stereocenters. The van der Waals surface area contributed by atoms with E-state index in [2.05, 4.69) is 10.4 Å². The van der Waals surface area contributed by atoms with Crippen molar-refractivity contribution in [3.8, 4) is 0 Å². The predicted octanol–water partition coefficient (Wildman–Crippen LogP) is 1.21. The third-order valence-corrected chi connectivity index (χ3v) is 3.15. The Hall–Kier alpha value is -2.34. The molecule has 2 rings (SSSR count). The summed E-state index contributed by atoms with van der Waals surface area (Å²) in [5.74, 6) is -0.174. The van der Waals surface area contributed by atoms with E-state index in [9.17, 15) is 4.79 Å². The van der Waals surface area contributed by atoms with E-state index in [0.717, 1.165) is 17.0 Å². The summed E-state index contributed by atoms with van der Waals surface area (Å²) in [6.07, 6.45) is 0. The molecule has 4 N–H and O–H groups in total. The molecule has 0 unspecified atom stereocenters. The van der Waals surface area contributed by atoms with Gasteiger partial charge in [-0.1, -0.05) is 12.1 Å². The SMILES string of the molecule is Cc1nn(CC(=O)Nc2ccc(CO)cc2)c(C)c1N. The number of hydrogen-bond donors (Lipinski definition) is 3. The summed E-state index contributed by atoms with van der Waals surface area (Å²) in [4.78, 5) is 11.9. The van der Waals surface area contributed by atoms with Gasteiger partial charge in [0.2, 0.25) is 5.91 Å². The van der Waals surface area contributed by atoms with Crippen LogP contribution in [0.3, 0.4) is 0 Å². The summed E-state index contributed by atoms with van der Waals surface area (Å²) >= 11 is 0. The topological polar surface area (TPSA) is 93.2 Å². The molecule has 0 fully saturated rings. The number of carbonyl (C=O) groups is 1. The molecule has 1 aromatic carbocycles. The monoisotopic (exact) mass is 274 g/mol. The first-order valence-electron chi connectivity index (χ1n) is 6.30. The number of nitrogens with one attached hydrogen (secondary N) is 1. The van der Waals surface area contributed by atoms with E-state index >= 15 is 0 Å². The Morgan fingerprint density at radius 2 is 2.00 bits per heavy atom. The van der Waals surface area contributed by atoms with Gasteiger partial charge in [0.05, 0.1) is 23.7 Å². The number of aromatic nitrogens is 2. The van der Waals surface area contributed by atoms with Gasteiger partial charge in [-0.25, -0.2) is 0 Å². The lowest BCUT2D eigenvalue weighted by molar-refractivity contribution is -0.116. The largest absolute Gasteiger partial charge is 0.396 e. The van der Waals surface area contributed by atoms with Gasteiger partial charge in [0.15, 0.2) is 0 Å².